The summed E-state index contributed by atoms with van der Waals surface area (Å²) in [6.07, 6.45) is 2.07. The maximum absolute atomic E-state index is 4.33. The van der Waals surface area contributed by atoms with Crippen LogP contribution in [0, 0.1) is 0 Å². The minimum atomic E-state index is 0.609. The number of aromatic nitrogens is 3. The third-order valence-corrected chi connectivity index (χ3v) is 2.56. The van der Waals surface area contributed by atoms with Gasteiger partial charge in [-0.1, -0.05) is 0 Å². The van der Waals surface area contributed by atoms with Gasteiger partial charge in [-0.15, -0.1) is 0 Å². The number of nitrogens with one attached hydrogen (secondary N) is 2. The van der Waals surface area contributed by atoms with Crippen molar-refractivity contribution in [2.24, 2.45) is 0 Å². The van der Waals surface area contributed by atoms with Gasteiger partial charge in [0.1, 0.15) is 0 Å². The lowest BCUT2D eigenvalue weighted by atomic mass is 10.7. The Kier molecular flexibility index (Phi) is 5.82. The van der Waals surface area contributed by atoms with Crippen molar-refractivity contribution in [2.45, 2.75) is 6.92 Å². The highest BCUT2D eigenvalue weighted by molar-refractivity contribution is 7.98. The molecule has 0 aliphatic rings. The van der Waals surface area contributed by atoms with Crippen molar-refractivity contribution in [1.29, 1.82) is 0 Å². The molecular formula is C10H20N6S. The Balaban J connectivity index is 2.79. The summed E-state index contributed by atoms with van der Waals surface area (Å²) in [5.74, 6) is 2.91. The molecule has 6 nitrogen and oxygen atoms in total. The molecule has 17 heavy (non-hydrogen) atoms. The lowest BCUT2D eigenvalue weighted by Crippen LogP contribution is -2.17. The van der Waals surface area contributed by atoms with Crippen molar-refractivity contribution >= 4 is 29.6 Å². The zero-order chi connectivity index (χ0) is 12.7. The Morgan fingerprint density at radius 1 is 1.12 bits per heavy atom. The molecule has 0 amide bonds. The quantitative estimate of drug-likeness (QED) is 0.709. The molecule has 2 N–H and O–H groups in total. The summed E-state index contributed by atoms with van der Waals surface area (Å²) in [4.78, 5) is 14.8. The SMILES string of the molecule is CCNc1nc(NCCSC)nc(N(C)C)n1. The Hall–Kier alpha value is -1.24. The van der Waals surface area contributed by atoms with Gasteiger partial charge in [0, 0.05) is 32.9 Å². The van der Waals surface area contributed by atoms with Crippen molar-refractivity contribution in [3.05, 3.63) is 0 Å². The summed E-state index contributed by atoms with van der Waals surface area (Å²) < 4.78 is 0. The van der Waals surface area contributed by atoms with E-state index in [1.54, 1.807) is 11.8 Å². The largest absolute Gasteiger partial charge is 0.354 e. The van der Waals surface area contributed by atoms with Crippen LogP contribution in [-0.2, 0) is 0 Å². The minimum Gasteiger partial charge on any atom is -0.354 e. The second-order valence-electron chi connectivity index (χ2n) is 3.63. The zero-order valence-electron chi connectivity index (χ0n) is 10.8. The van der Waals surface area contributed by atoms with Crippen LogP contribution in [0.1, 0.15) is 6.92 Å². The van der Waals surface area contributed by atoms with Crippen LogP contribution in [0.5, 0.6) is 0 Å². The molecular weight excluding hydrogens is 236 g/mol. The highest BCUT2D eigenvalue weighted by Gasteiger charge is 2.06. The van der Waals surface area contributed by atoms with Crippen molar-refractivity contribution in [1.82, 2.24) is 15.0 Å². The summed E-state index contributed by atoms with van der Waals surface area (Å²) in [5.41, 5.74) is 0. The van der Waals surface area contributed by atoms with Crippen molar-refractivity contribution in [2.75, 3.05) is 54.7 Å². The van der Waals surface area contributed by atoms with E-state index >= 15 is 0 Å². The van der Waals surface area contributed by atoms with Gasteiger partial charge in [0.25, 0.3) is 0 Å². The fraction of sp³-hybridized carbons (Fsp3) is 0.700. The number of rotatable bonds is 7. The fourth-order valence-corrected chi connectivity index (χ4v) is 1.45. The first kappa shape index (κ1) is 13.8. The summed E-state index contributed by atoms with van der Waals surface area (Å²) in [7, 11) is 3.83. The molecule has 0 aliphatic heterocycles. The number of hydrogen-bond acceptors (Lipinski definition) is 7. The van der Waals surface area contributed by atoms with E-state index in [0.29, 0.717) is 17.8 Å². The van der Waals surface area contributed by atoms with E-state index < -0.39 is 0 Å². The van der Waals surface area contributed by atoms with Crippen LogP contribution in [0.3, 0.4) is 0 Å². The second-order valence-corrected chi connectivity index (χ2v) is 4.61. The molecule has 0 bridgehead atoms. The number of nitrogens with zero attached hydrogens (tertiary/aromatic N) is 4. The smallest absolute Gasteiger partial charge is 0.231 e. The van der Waals surface area contributed by atoms with Gasteiger partial charge < -0.3 is 15.5 Å². The first-order valence-corrected chi connectivity index (χ1v) is 6.96. The average molecular weight is 256 g/mol. The van der Waals surface area contributed by atoms with Gasteiger partial charge in [-0.2, -0.15) is 26.7 Å². The monoisotopic (exact) mass is 256 g/mol. The Bertz CT molecular complexity index is 344. The molecule has 1 aromatic heterocycles. The average Bonchev–Trinajstić information content (AvgIpc) is 2.29. The normalized spacial score (nSPS) is 10.1. The zero-order valence-corrected chi connectivity index (χ0v) is 11.6. The molecule has 1 aromatic rings. The maximum atomic E-state index is 4.33. The third-order valence-electron chi connectivity index (χ3n) is 1.95. The number of hydrogen-bond donors (Lipinski definition) is 2. The van der Waals surface area contributed by atoms with Gasteiger partial charge in [-0.3, -0.25) is 0 Å². The molecule has 0 fully saturated rings. The number of thioether (sulfide) groups is 1. The Morgan fingerprint density at radius 2 is 1.76 bits per heavy atom. The van der Waals surface area contributed by atoms with Gasteiger partial charge in [0.2, 0.25) is 17.8 Å². The van der Waals surface area contributed by atoms with Gasteiger partial charge >= 0.3 is 0 Å². The fourth-order valence-electron chi connectivity index (χ4n) is 1.15. The molecule has 0 radical (unpaired) electrons. The van der Waals surface area contributed by atoms with Crippen LogP contribution in [0.2, 0.25) is 0 Å². The molecule has 0 spiro atoms. The lowest BCUT2D eigenvalue weighted by molar-refractivity contribution is 0.942. The van der Waals surface area contributed by atoms with Crippen LogP contribution in [0.15, 0.2) is 0 Å². The summed E-state index contributed by atoms with van der Waals surface area (Å²) in [5, 5.41) is 6.29. The maximum Gasteiger partial charge on any atom is 0.231 e. The number of anilines is 3. The molecule has 0 saturated carbocycles. The molecule has 0 saturated heterocycles. The molecule has 0 aliphatic carbocycles. The van der Waals surface area contributed by atoms with E-state index in [1.807, 2.05) is 25.9 Å². The van der Waals surface area contributed by atoms with Crippen LogP contribution in [0.4, 0.5) is 17.8 Å². The van der Waals surface area contributed by atoms with Crippen LogP contribution in [-0.4, -0.2) is 54.1 Å². The van der Waals surface area contributed by atoms with Gasteiger partial charge in [-0.25, -0.2) is 0 Å². The van der Waals surface area contributed by atoms with Crippen molar-refractivity contribution in [3.8, 4) is 0 Å². The van der Waals surface area contributed by atoms with E-state index in [0.717, 1.165) is 18.8 Å². The van der Waals surface area contributed by atoms with Crippen LogP contribution < -0.4 is 15.5 Å². The molecule has 0 unspecified atom stereocenters. The van der Waals surface area contributed by atoms with Gasteiger partial charge in [0.15, 0.2) is 0 Å². The highest BCUT2D eigenvalue weighted by Crippen LogP contribution is 2.11. The van der Waals surface area contributed by atoms with Crippen LogP contribution >= 0.6 is 11.8 Å². The predicted molar refractivity (Wildman–Crippen MR) is 75.2 cm³/mol. The van der Waals surface area contributed by atoms with E-state index in [1.165, 1.54) is 0 Å². The standard InChI is InChI=1S/C10H20N6S/c1-5-11-8-13-9(12-6-7-17-4)15-10(14-8)16(2)3/h5-7H2,1-4H3,(H2,11,12,13,14,15). The Morgan fingerprint density at radius 3 is 2.29 bits per heavy atom. The summed E-state index contributed by atoms with van der Waals surface area (Å²) >= 11 is 1.79. The predicted octanol–water partition coefficient (Wildman–Crippen LogP) is 1.14. The van der Waals surface area contributed by atoms with Crippen LogP contribution in [0.25, 0.3) is 0 Å². The highest BCUT2D eigenvalue weighted by atomic mass is 32.2. The van der Waals surface area contributed by atoms with E-state index in [2.05, 4.69) is 31.8 Å². The molecule has 96 valence electrons. The molecule has 1 heterocycles. The van der Waals surface area contributed by atoms with Gasteiger partial charge in [0.05, 0.1) is 0 Å². The van der Waals surface area contributed by atoms with E-state index in [-0.39, 0.29) is 0 Å². The van der Waals surface area contributed by atoms with Crippen molar-refractivity contribution < 1.29 is 0 Å². The molecule has 1 rings (SSSR count). The van der Waals surface area contributed by atoms with E-state index in [9.17, 15) is 0 Å². The Labute approximate surface area is 107 Å². The third kappa shape index (κ3) is 4.64. The lowest BCUT2D eigenvalue weighted by Gasteiger charge is -2.13. The molecule has 7 heteroatoms. The topological polar surface area (TPSA) is 66.0 Å². The minimum absolute atomic E-state index is 0.609. The summed E-state index contributed by atoms with van der Waals surface area (Å²) in [6.45, 7) is 3.66. The first-order chi connectivity index (χ1) is 8.17. The second kappa shape index (κ2) is 7.16. The van der Waals surface area contributed by atoms with Crippen molar-refractivity contribution in [3.63, 3.8) is 0 Å². The summed E-state index contributed by atoms with van der Waals surface area (Å²) in [6, 6.07) is 0. The molecule has 0 atom stereocenters. The van der Waals surface area contributed by atoms with Gasteiger partial charge in [-0.05, 0) is 13.2 Å². The molecule has 0 aromatic carbocycles. The first-order valence-electron chi connectivity index (χ1n) is 5.57. The van der Waals surface area contributed by atoms with E-state index in [4.69, 9.17) is 0 Å².